The number of aliphatic hydroxyl groups is 1. The van der Waals surface area contributed by atoms with Gasteiger partial charge in [0.05, 0.1) is 21.1 Å². The Labute approximate surface area is 217 Å². The van der Waals surface area contributed by atoms with Crippen molar-refractivity contribution in [3.63, 3.8) is 0 Å². The van der Waals surface area contributed by atoms with Crippen LogP contribution >= 0.6 is 7.60 Å². The second-order valence-electron chi connectivity index (χ2n) is 11.5. The molecule has 0 radical (unpaired) electrons. The monoisotopic (exact) mass is 516 g/mol. The Balaban J connectivity index is 3.53. The Bertz CT molecular complexity index is 582. The largest absolute Gasteiger partial charge is 0.373 e. The minimum Gasteiger partial charge on any atom is -0.373 e. The summed E-state index contributed by atoms with van der Waals surface area (Å²) in [5.74, 6) is 0. The highest BCUT2D eigenvalue weighted by molar-refractivity contribution is 7.53. The lowest BCUT2D eigenvalue weighted by atomic mass is 10.0. The van der Waals surface area contributed by atoms with Gasteiger partial charge in [0.2, 0.25) is 5.34 Å². The zero-order valence-electron chi connectivity index (χ0n) is 23.4. The molecule has 5 nitrogen and oxygen atoms in total. The molecule has 0 aliphatic carbocycles. The summed E-state index contributed by atoms with van der Waals surface area (Å²) in [6.07, 6.45) is 30.2. The molecule has 0 fully saturated rings. The minimum absolute atomic E-state index is 0.0582. The standard InChI is InChI=1S/C29H58NO4P/c1-5-6-7-8-9-10-11-12-13-14-15-16-17-18-19-20-21-22-23-24-25-26-27-29(31,35(32,33)34)28-30(2,3)4/h5,16-17,31H,1,6-15,18-28H2,2-4H3,(H-,32,33,34)/p+1/b17-16-. The van der Waals surface area contributed by atoms with Gasteiger partial charge in [-0.25, -0.2) is 0 Å². The van der Waals surface area contributed by atoms with Crippen LogP contribution in [-0.2, 0) is 4.57 Å². The van der Waals surface area contributed by atoms with Gasteiger partial charge < -0.3 is 19.4 Å². The van der Waals surface area contributed by atoms with E-state index in [1.807, 2.05) is 27.2 Å². The molecule has 6 heteroatoms. The molecule has 0 aromatic rings. The van der Waals surface area contributed by atoms with E-state index in [0.717, 1.165) is 19.3 Å². The first-order chi connectivity index (χ1) is 16.5. The molecule has 3 N–H and O–H groups in total. The van der Waals surface area contributed by atoms with Crippen LogP contribution in [0.4, 0.5) is 0 Å². The van der Waals surface area contributed by atoms with Crippen LogP contribution in [-0.4, -0.2) is 52.4 Å². The molecule has 0 bridgehead atoms. The van der Waals surface area contributed by atoms with Crippen molar-refractivity contribution < 1.29 is 23.9 Å². The smallest absolute Gasteiger partial charge is 0.362 e. The van der Waals surface area contributed by atoms with Crippen molar-refractivity contribution in [1.82, 2.24) is 0 Å². The second-order valence-corrected chi connectivity index (χ2v) is 13.4. The van der Waals surface area contributed by atoms with Crippen LogP contribution in [0, 0.1) is 0 Å². The Morgan fingerprint density at radius 2 is 1.00 bits per heavy atom. The van der Waals surface area contributed by atoms with Gasteiger partial charge in [-0.3, -0.25) is 4.57 Å². The SMILES string of the molecule is C=CCCCCCCCCCC/C=C\CCCCCCCCCCC(O)(C[N+](C)(C)C)P(=O)(O)O. The third-order valence-corrected chi connectivity index (χ3v) is 8.11. The Kier molecular flexibility index (Phi) is 20.3. The van der Waals surface area contributed by atoms with Gasteiger partial charge in [0.1, 0.15) is 6.54 Å². The van der Waals surface area contributed by atoms with Crippen LogP contribution in [0.1, 0.15) is 128 Å². The van der Waals surface area contributed by atoms with E-state index < -0.39 is 12.9 Å². The molecule has 0 aliphatic rings. The van der Waals surface area contributed by atoms with Crippen molar-refractivity contribution >= 4 is 7.60 Å². The highest BCUT2D eigenvalue weighted by Crippen LogP contribution is 2.52. The molecule has 0 spiro atoms. The van der Waals surface area contributed by atoms with Crippen molar-refractivity contribution in [2.24, 2.45) is 0 Å². The van der Waals surface area contributed by atoms with Crippen LogP contribution in [0.15, 0.2) is 24.8 Å². The molecule has 0 saturated heterocycles. The van der Waals surface area contributed by atoms with E-state index in [-0.39, 0.29) is 13.0 Å². The predicted octanol–water partition coefficient (Wildman–Crippen LogP) is 8.10. The van der Waals surface area contributed by atoms with Crippen molar-refractivity contribution in [3.05, 3.63) is 24.8 Å². The summed E-state index contributed by atoms with van der Waals surface area (Å²) in [6.45, 7) is 3.83. The molecule has 0 aliphatic heterocycles. The summed E-state index contributed by atoms with van der Waals surface area (Å²) in [6, 6.07) is 0. The van der Waals surface area contributed by atoms with Crippen molar-refractivity contribution in [2.45, 2.75) is 134 Å². The summed E-state index contributed by atoms with van der Waals surface area (Å²) >= 11 is 0. The molecule has 35 heavy (non-hydrogen) atoms. The number of quaternary nitrogens is 1. The fourth-order valence-electron chi connectivity index (χ4n) is 4.65. The maximum atomic E-state index is 11.8. The second kappa shape index (κ2) is 20.6. The topological polar surface area (TPSA) is 77.8 Å². The van der Waals surface area contributed by atoms with Crippen molar-refractivity contribution in [1.29, 1.82) is 0 Å². The van der Waals surface area contributed by atoms with Crippen LogP contribution in [0.25, 0.3) is 0 Å². The lowest BCUT2D eigenvalue weighted by molar-refractivity contribution is -0.875. The first-order valence-electron chi connectivity index (χ1n) is 14.4. The Morgan fingerprint density at radius 3 is 1.34 bits per heavy atom. The Morgan fingerprint density at radius 1 is 0.657 bits per heavy atom. The van der Waals surface area contributed by atoms with E-state index in [9.17, 15) is 19.5 Å². The van der Waals surface area contributed by atoms with Gasteiger partial charge in [-0.05, 0) is 51.4 Å². The number of allylic oxidation sites excluding steroid dienone is 3. The number of nitrogens with zero attached hydrogens (tertiary/aromatic N) is 1. The highest BCUT2D eigenvalue weighted by atomic mass is 31.2. The summed E-state index contributed by atoms with van der Waals surface area (Å²) in [5, 5.41) is 8.65. The lowest BCUT2D eigenvalue weighted by Gasteiger charge is -2.35. The van der Waals surface area contributed by atoms with Crippen LogP contribution in [0.2, 0.25) is 0 Å². The van der Waals surface area contributed by atoms with E-state index >= 15 is 0 Å². The van der Waals surface area contributed by atoms with Gasteiger partial charge >= 0.3 is 7.60 Å². The summed E-state index contributed by atoms with van der Waals surface area (Å²) in [4.78, 5) is 19.2. The molecule has 0 aromatic carbocycles. The first-order valence-corrected chi connectivity index (χ1v) is 16.0. The summed E-state index contributed by atoms with van der Waals surface area (Å²) < 4.78 is 12.1. The number of hydrogen-bond donors (Lipinski definition) is 3. The fourth-order valence-corrected chi connectivity index (χ4v) is 5.71. The zero-order chi connectivity index (χ0) is 26.5. The highest BCUT2D eigenvalue weighted by Gasteiger charge is 2.48. The maximum Gasteiger partial charge on any atom is 0.362 e. The summed E-state index contributed by atoms with van der Waals surface area (Å²) in [5.41, 5.74) is 0. The molecule has 208 valence electrons. The van der Waals surface area contributed by atoms with Gasteiger partial charge in [-0.15, -0.1) is 6.58 Å². The quantitative estimate of drug-likeness (QED) is 0.0496. The average molecular weight is 517 g/mol. The maximum absolute atomic E-state index is 11.8. The minimum atomic E-state index is -4.55. The molecule has 1 atom stereocenters. The van der Waals surface area contributed by atoms with E-state index in [2.05, 4.69) is 18.7 Å². The fraction of sp³-hybridized carbons (Fsp3) is 0.862. The van der Waals surface area contributed by atoms with Crippen LogP contribution in [0.3, 0.4) is 0 Å². The normalized spacial score (nSPS) is 14.5. The van der Waals surface area contributed by atoms with Gasteiger partial charge in [0.15, 0.2) is 0 Å². The molecule has 0 heterocycles. The number of rotatable bonds is 25. The number of likely N-dealkylation sites (N-methyl/N-ethyl adjacent to an activating group) is 1. The summed E-state index contributed by atoms with van der Waals surface area (Å²) in [7, 11) is 0.972. The number of unbranched alkanes of at least 4 members (excludes halogenated alkanes) is 17. The van der Waals surface area contributed by atoms with E-state index in [1.54, 1.807) is 0 Å². The van der Waals surface area contributed by atoms with Crippen LogP contribution < -0.4 is 0 Å². The first kappa shape index (κ1) is 34.6. The Hall–Kier alpha value is -0.450. The molecule has 0 amide bonds. The average Bonchev–Trinajstić information content (AvgIpc) is 2.75. The molecule has 1 unspecified atom stereocenters. The van der Waals surface area contributed by atoms with E-state index in [1.165, 1.54) is 96.3 Å². The third kappa shape index (κ3) is 21.4. The van der Waals surface area contributed by atoms with Gasteiger partial charge in [-0.1, -0.05) is 95.3 Å². The molecule has 0 rings (SSSR count). The van der Waals surface area contributed by atoms with Gasteiger partial charge in [-0.2, -0.15) is 0 Å². The lowest BCUT2D eigenvalue weighted by Crippen LogP contribution is -2.49. The van der Waals surface area contributed by atoms with E-state index in [4.69, 9.17) is 0 Å². The third-order valence-electron chi connectivity index (χ3n) is 6.66. The van der Waals surface area contributed by atoms with Crippen molar-refractivity contribution in [3.8, 4) is 0 Å². The van der Waals surface area contributed by atoms with Gasteiger partial charge in [0, 0.05) is 0 Å². The molecule has 0 saturated carbocycles. The van der Waals surface area contributed by atoms with Crippen molar-refractivity contribution in [2.75, 3.05) is 27.7 Å². The van der Waals surface area contributed by atoms with E-state index in [0.29, 0.717) is 10.9 Å². The molecule has 0 aromatic heterocycles. The molecular weight excluding hydrogens is 457 g/mol. The predicted molar refractivity (Wildman–Crippen MR) is 152 cm³/mol. The van der Waals surface area contributed by atoms with Crippen LogP contribution in [0.5, 0.6) is 0 Å². The zero-order valence-corrected chi connectivity index (χ0v) is 24.3. The van der Waals surface area contributed by atoms with Gasteiger partial charge in [0.25, 0.3) is 0 Å². The number of hydrogen-bond acceptors (Lipinski definition) is 2. The molecular formula is C29H59NO4P+.